The third-order valence-corrected chi connectivity index (χ3v) is 3.21. The van der Waals surface area contributed by atoms with Crippen molar-refractivity contribution in [3.63, 3.8) is 0 Å². The van der Waals surface area contributed by atoms with Gasteiger partial charge >= 0.3 is 0 Å². The molecule has 1 aromatic heterocycles. The van der Waals surface area contributed by atoms with Crippen molar-refractivity contribution >= 4 is 22.5 Å². The lowest BCUT2D eigenvalue weighted by Crippen LogP contribution is -2.06. The van der Waals surface area contributed by atoms with Gasteiger partial charge in [-0.1, -0.05) is 17.7 Å². The average Bonchev–Trinajstić information content (AvgIpc) is 2.66. The predicted molar refractivity (Wildman–Crippen MR) is 72.7 cm³/mol. The molecular weight excluding hydrogens is 234 g/mol. The van der Waals surface area contributed by atoms with Crippen molar-refractivity contribution < 1.29 is 4.74 Å². The molecule has 3 heteroatoms. The maximum absolute atomic E-state index is 6.23. The number of fused-ring (bicyclic) bond motifs is 1. The Morgan fingerprint density at radius 1 is 1.35 bits per heavy atom. The zero-order valence-corrected chi connectivity index (χ0v) is 11.3. The van der Waals surface area contributed by atoms with Crippen LogP contribution in [-0.4, -0.2) is 11.2 Å². The maximum Gasteiger partial charge on any atom is 0.0868 e. The first-order valence-corrected chi connectivity index (χ1v) is 6.39. The van der Waals surface area contributed by atoms with E-state index >= 15 is 0 Å². The number of rotatable bonds is 4. The summed E-state index contributed by atoms with van der Waals surface area (Å²) in [6.45, 7) is 7.73. The summed E-state index contributed by atoms with van der Waals surface area (Å²) >= 11 is 6.23. The monoisotopic (exact) mass is 251 g/mol. The number of halogens is 1. The maximum atomic E-state index is 6.23. The lowest BCUT2D eigenvalue weighted by molar-refractivity contribution is 0.128. The van der Waals surface area contributed by atoms with E-state index in [9.17, 15) is 0 Å². The van der Waals surface area contributed by atoms with E-state index in [0.717, 1.165) is 17.0 Å². The molecule has 0 spiro atoms. The van der Waals surface area contributed by atoms with Crippen molar-refractivity contribution in [1.82, 2.24) is 4.57 Å². The molecular formula is C14H18ClNO. The number of ether oxygens (including phenoxy) is 1. The molecule has 17 heavy (non-hydrogen) atoms. The van der Waals surface area contributed by atoms with Crippen LogP contribution in [0, 0.1) is 0 Å². The number of benzene rings is 1. The van der Waals surface area contributed by atoms with E-state index in [1.807, 2.05) is 19.1 Å². The highest BCUT2D eigenvalue weighted by molar-refractivity contribution is 6.35. The van der Waals surface area contributed by atoms with Crippen LogP contribution in [0.1, 0.15) is 32.5 Å². The van der Waals surface area contributed by atoms with E-state index in [1.165, 1.54) is 11.2 Å². The predicted octanol–water partition coefficient (Wildman–Crippen LogP) is 4.41. The summed E-state index contributed by atoms with van der Waals surface area (Å²) in [6.07, 6.45) is 0. The molecule has 2 rings (SSSR count). The Labute approximate surface area is 107 Å². The van der Waals surface area contributed by atoms with Crippen LogP contribution in [0.3, 0.4) is 0 Å². The van der Waals surface area contributed by atoms with Gasteiger partial charge in [0.1, 0.15) is 0 Å². The number of aromatic nitrogens is 1. The minimum Gasteiger partial charge on any atom is -0.376 e. The van der Waals surface area contributed by atoms with Crippen molar-refractivity contribution in [1.29, 1.82) is 0 Å². The molecule has 0 bridgehead atoms. The van der Waals surface area contributed by atoms with E-state index in [-0.39, 0.29) is 0 Å². The second-order valence-electron chi connectivity index (χ2n) is 4.41. The number of hydrogen-bond donors (Lipinski definition) is 0. The minimum atomic E-state index is 0.404. The summed E-state index contributed by atoms with van der Waals surface area (Å²) in [4.78, 5) is 0. The van der Waals surface area contributed by atoms with Crippen LogP contribution in [0.2, 0.25) is 5.02 Å². The zero-order valence-electron chi connectivity index (χ0n) is 10.5. The Balaban J connectivity index is 2.58. The summed E-state index contributed by atoms with van der Waals surface area (Å²) in [6, 6.07) is 8.57. The lowest BCUT2D eigenvalue weighted by Gasteiger charge is -2.14. The van der Waals surface area contributed by atoms with Gasteiger partial charge in [0.2, 0.25) is 0 Å². The molecule has 2 aromatic rings. The van der Waals surface area contributed by atoms with E-state index in [4.69, 9.17) is 16.3 Å². The van der Waals surface area contributed by atoms with Crippen molar-refractivity contribution in [3.05, 3.63) is 35.0 Å². The van der Waals surface area contributed by atoms with Gasteiger partial charge in [-0.15, -0.1) is 0 Å². The van der Waals surface area contributed by atoms with E-state index in [2.05, 4.69) is 30.5 Å². The van der Waals surface area contributed by atoms with Crippen LogP contribution in [0.25, 0.3) is 10.9 Å². The van der Waals surface area contributed by atoms with Gasteiger partial charge in [-0.05, 0) is 39.0 Å². The highest BCUT2D eigenvalue weighted by Gasteiger charge is 2.12. The summed E-state index contributed by atoms with van der Waals surface area (Å²) < 4.78 is 7.80. The van der Waals surface area contributed by atoms with Crippen LogP contribution < -0.4 is 0 Å². The molecule has 0 aliphatic rings. The molecule has 0 amide bonds. The lowest BCUT2D eigenvalue weighted by atomic mass is 10.2. The Morgan fingerprint density at radius 3 is 2.76 bits per heavy atom. The van der Waals surface area contributed by atoms with Crippen LogP contribution >= 0.6 is 11.6 Å². The fraction of sp³-hybridized carbons (Fsp3) is 0.429. The normalized spacial score (nSPS) is 11.6. The Kier molecular flexibility index (Phi) is 3.75. The van der Waals surface area contributed by atoms with E-state index in [1.54, 1.807) is 0 Å². The molecule has 0 aliphatic heterocycles. The van der Waals surface area contributed by atoms with Crippen LogP contribution in [0.15, 0.2) is 24.3 Å². The molecule has 0 aliphatic carbocycles. The highest BCUT2D eigenvalue weighted by Crippen LogP contribution is 2.29. The van der Waals surface area contributed by atoms with Crippen molar-refractivity contribution in [2.24, 2.45) is 0 Å². The topological polar surface area (TPSA) is 14.2 Å². The summed E-state index contributed by atoms with van der Waals surface area (Å²) in [5.74, 6) is 0. The third kappa shape index (κ3) is 2.33. The van der Waals surface area contributed by atoms with Crippen molar-refractivity contribution in [3.8, 4) is 0 Å². The molecule has 0 unspecified atom stereocenters. The quantitative estimate of drug-likeness (QED) is 0.785. The zero-order chi connectivity index (χ0) is 12.4. The molecule has 0 atom stereocenters. The fourth-order valence-electron chi connectivity index (χ4n) is 2.20. The van der Waals surface area contributed by atoms with Gasteiger partial charge in [0.05, 0.1) is 12.1 Å². The van der Waals surface area contributed by atoms with Crippen molar-refractivity contribution in [2.75, 3.05) is 6.61 Å². The Bertz CT molecular complexity index is 516. The fourth-order valence-corrected chi connectivity index (χ4v) is 2.42. The summed E-state index contributed by atoms with van der Waals surface area (Å²) in [5, 5.41) is 1.91. The van der Waals surface area contributed by atoms with Gasteiger partial charge in [-0.2, -0.15) is 0 Å². The summed E-state index contributed by atoms with van der Waals surface area (Å²) in [7, 11) is 0. The molecule has 0 radical (unpaired) electrons. The van der Waals surface area contributed by atoms with Crippen LogP contribution in [0.5, 0.6) is 0 Å². The molecule has 92 valence electrons. The molecule has 1 aromatic carbocycles. The second kappa shape index (κ2) is 5.11. The second-order valence-corrected chi connectivity index (χ2v) is 4.82. The van der Waals surface area contributed by atoms with Gasteiger partial charge in [0.25, 0.3) is 0 Å². The van der Waals surface area contributed by atoms with E-state index in [0.29, 0.717) is 12.6 Å². The van der Waals surface area contributed by atoms with Gasteiger partial charge in [0, 0.05) is 28.8 Å². The number of nitrogens with zero attached hydrogens (tertiary/aromatic N) is 1. The smallest absolute Gasteiger partial charge is 0.0868 e. The van der Waals surface area contributed by atoms with Crippen molar-refractivity contribution in [2.45, 2.75) is 33.4 Å². The third-order valence-electron chi connectivity index (χ3n) is 2.88. The number of hydrogen-bond acceptors (Lipinski definition) is 1. The average molecular weight is 252 g/mol. The Hall–Kier alpha value is -0.990. The first-order valence-electron chi connectivity index (χ1n) is 6.01. The minimum absolute atomic E-state index is 0.404. The molecule has 0 fully saturated rings. The molecule has 0 saturated carbocycles. The highest BCUT2D eigenvalue weighted by atomic mass is 35.5. The standard InChI is InChI=1S/C14H18ClNO/c1-4-17-9-11-8-12-13(15)6-5-7-14(12)16(11)10(2)3/h5-8,10H,4,9H2,1-3H3. The van der Waals surface area contributed by atoms with Crippen LogP contribution in [-0.2, 0) is 11.3 Å². The SMILES string of the molecule is CCOCc1cc2c(Cl)cccc2n1C(C)C. The van der Waals surface area contributed by atoms with Gasteiger partial charge in [-0.3, -0.25) is 0 Å². The van der Waals surface area contributed by atoms with E-state index < -0.39 is 0 Å². The first-order chi connectivity index (χ1) is 8.15. The van der Waals surface area contributed by atoms with Gasteiger partial charge in [-0.25, -0.2) is 0 Å². The Morgan fingerprint density at radius 2 is 2.12 bits per heavy atom. The molecule has 0 saturated heterocycles. The van der Waals surface area contributed by atoms with Gasteiger partial charge < -0.3 is 9.30 Å². The molecule has 1 heterocycles. The largest absolute Gasteiger partial charge is 0.376 e. The molecule has 2 nitrogen and oxygen atoms in total. The first kappa shape index (κ1) is 12.5. The van der Waals surface area contributed by atoms with Crippen LogP contribution in [0.4, 0.5) is 0 Å². The summed E-state index contributed by atoms with van der Waals surface area (Å²) in [5.41, 5.74) is 2.37. The van der Waals surface area contributed by atoms with Gasteiger partial charge in [0.15, 0.2) is 0 Å². The molecule has 0 N–H and O–H groups in total.